The van der Waals surface area contributed by atoms with E-state index in [4.69, 9.17) is 27.9 Å². The van der Waals surface area contributed by atoms with Crippen molar-refractivity contribution in [3.05, 3.63) is 40.1 Å². The first-order valence-electron chi connectivity index (χ1n) is 8.45. The van der Waals surface area contributed by atoms with E-state index in [-0.39, 0.29) is 28.4 Å². The van der Waals surface area contributed by atoms with Crippen LogP contribution in [0, 0.1) is 5.92 Å². The smallest absolute Gasteiger partial charge is 0.329 e. The topological polar surface area (TPSA) is 96.9 Å². The number of ether oxygens (including phenoxy) is 1. The van der Waals surface area contributed by atoms with Crippen LogP contribution in [0.25, 0.3) is 0 Å². The van der Waals surface area contributed by atoms with Crippen LogP contribution in [0.5, 0.6) is 0 Å². The van der Waals surface area contributed by atoms with Gasteiger partial charge in [-0.3, -0.25) is 14.4 Å². The number of hydrogen-bond donors (Lipinski definition) is 2. The number of carbonyl (C=O) groups is 3. The SMILES string of the molecule is O=C(N/N=C/C1=COC2CCCCC2C1=O)C(=O)Nc1ccc(Cl)c(Cl)c1. The molecule has 7 nitrogen and oxygen atoms in total. The number of ketones is 1. The second kappa shape index (κ2) is 8.54. The van der Waals surface area contributed by atoms with Crippen molar-refractivity contribution in [2.75, 3.05) is 5.32 Å². The van der Waals surface area contributed by atoms with E-state index in [1.807, 2.05) is 0 Å². The maximum atomic E-state index is 12.4. The molecule has 1 aromatic rings. The number of nitrogens with zero attached hydrogens (tertiary/aromatic N) is 1. The molecular weight excluding hydrogens is 393 g/mol. The number of anilines is 1. The average molecular weight is 410 g/mol. The number of amides is 2. The molecule has 1 fully saturated rings. The Morgan fingerprint density at radius 3 is 2.70 bits per heavy atom. The minimum absolute atomic E-state index is 0.0517. The summed E-state index contributed by atoms with van der Waals surface area (Å²) in [5.41, 5.74) is 2.66. The van der Waals surface area contributed by atoms with Crippen molar-refractivity contribution >= 4 is 52.7 Å². The second-order valence-corrected chi connectivity index (χ2v) is 7.10. The van der Waals surface area contributed by atoms with Crippen LogP contribution in [0.2, 0.25) is 10.0 Å². The number of nitrogens with one attached hydrogen (secondary N) is 2. The predicted molar refractivity (Wildman–Crippen MR) is 102 cm³/mol. The number of hydrazone groups is 1. The summed E-state index contributed by atoms with van der Waals surface area (Å²) in [6.07, 6.45) is 6.17. The van der Waals surface area contributed by atoms with Gasteiger partial charge in [-0.05, 0) is 37.5 Å². The highest BCUT2D eigenvalue weighted by Crippen LogP contribution is 2.32. The molecule has 0 saturated heterocycles. The molecular formula is C18H17Cl2N3O4. The van der Waals surface area contributed by atoms with E-state index in [0.29, 0.717) is 10.7 Å². The molecule has 1 aliphatic heterocycles. The van der Waals surface area contributed by atoms with Crippen LogP contribution in [0.4, 0.5) is 5.69 Å². The van der Waals surface area contributed by atoms with E-state index in [0.717, 1.165) is 25.7 Å². The fourth-order valence-electron chi connectivity index (χ4n) is 3.06. The molecule has 2 aliphatic rings. The molecule has 142 valence electrons. The van der Waals surface area contributed by atoms with Crippen molar-refractivity contribution in [2.45, 2.75) is 31.8 Å². The Labute approximate surface area is 165 Å². The van der Waals surface area contributed by atoms with E-state index in [9.17, 15) is 14.4 Å². The molecule has 2 atom stereocenters. The summed E-state index contributed by atoms with van der Waals surface area (Å²) in [6.45, 7) is 0. The number of hydrogen-bond acceptors (Lipinski definition) is 5. The fourth-order valence-corrected chi connectivity index (χ4v) is 3.36. The summed E-state index contributed by atoms with van der Waals surface area (Å²) >= 11 is 11.6. The molecule has 2 unspecified atom stereocenters. The Hall–Kier alpha value is -2.38. The minimum atomic E-state index is -0.988. The number of rotatable bonds is 3. The van der Waals surface area contributed by atoms with Crippen LogP contribution in [0.15, 0.2) is 35.1 Å². The van der Waals surface area contributed by atoms with Gasteiger partial charge in [-0.25, -0.2) is 5.43 Å². The third-order valence-corrected chi connectivity index (χ3v) is 5.19. The first-order chi connectivity index (χ1) is 13.0. The predicted octanol–water partition coefficient (Wildman–Crippen LogP) is 3.08. The highest BCUT2D eigenvalue weighted by Gasteiger charge is 2.36. The van der Waals surface area contributed by atoms with Crippen LogP contribution in [0.3, 0.4) is 0 Å². The summed E-state index contributed by atoms with van der Waals surface area (Å²) in [6, 6.07) is 4.42. The van der Waals surface area contributed by atoms with E-state index in [1.54, 1.807) is 0 Å². The molecule has 2 amide bonds. The molecule has 0 spiro atoms. The monoisotopic (exact) mass is 409 g/mol. The van der Waals surface area contributed by atoms with Gasteiger partial charge in [0.1, 0.15) is 6.10 Å². The zero-order valence-electron chi connectivity index (χ0n) is 14.2. The number of carbonyl (C=O) groups excluding carboxylic acids is 3. The minimum Gasteiger partial charge on any atom is -0.496 e. The zero-order chi connectivity index (χ0) is 19.4. The van der Waals surface area contributed by atoms with Gasteiger partial charge in [-0.2, -0.15) is 5.10 Å². The van der Waals surface area contributed by atoms with Crippen molar-refractivity contribution in [1.82, 2.24) is 5.43 Å². The molecule has 3 rings (SSSR count). The lowest BCUT2D eigenvalue weighted by Crippen LogP contribution is -2.37. The van der Waals surface area contributed by atoms with Gasteiger partial charge in [0.2, 0.25) is 0 Å². The van der Waals surface area contributed by atoms with Gasteiger partial charge < -0.3 is 10.1 Å². The van der Waals surface area contributed by atoms with Gasteiger partial charge in [0.15, 0.2) is 5.78 Å². The molecule has 1 aliphatic carbocycles. The Morgan fingerprint density at radius 1 is 1.15 bits per heavy atom. The summed E-state index contributed by atoms with van der Waals surface area (Å²) in [4.78, 5) is 36.1. The van der Waals surface area contributed by atoms with Crippen molar-refractivity contribution in [3.63, 3.8) is 0 Å². The molecule has 0 radical (unpaired) electrons. The average Bonchev–Trinajstić information content (AvgIpc) is 2.66. The Balaban J connectivity index is 1.55. The summed E-state index contributed by atoms with van der Waals surface area (Å²) in [5.74, 6) is -2.14. The molecule has 1 aromatic carbocycles. The van der Waals surface area contributed by atoms with Crippen molar-refractivity contribution in [2.24, 2.45) is 11.0 Å². The first-order valence-corrected chi connectivity index (χ1v) is 9.20. The molecule has 9 heteroatoms. The standard InChI is InChI=1S/C18H17Cl2N3O4/c19-13-6-5-11(7-14(13)20)22-17(25)18(26)23-21-8-10-9-27-15-4-2-1-3-12(15)16(10)24/h5-9,12,15H,1-4H2,(H,22,25)(H,23,26)/b21-8+. The van der Waals surface area contributed by atoms with Gasteiger partial charge in [0, 0.05) is 5.69 Å². The van der Waals surface area contributed by atoms with Gasteiger partial charge in [-0.15, -0.1) is 0 Å². The fraction of sp³-hybridized carbons (Fsp3) is 0.333. The summed E-state index contributed by atoms with van der Waals surface area (Å²) in [7, 11) is 0. The molecule has 2 N–H and O–H groups in total. The molecule has 1 heterocycles. The lowest BCUT2D eigenvalue weighted by atomic mass is 9.80. The number of fused-ring (bicyclic) bond motifs is 1. The van der Waals surface area contributed by atoms with E-state index < -0.39 is 11.8 Å². The van der Waals surface area contributed by atoms with Crippen LogP contribution < -0.4 is 10.7 Å². The van der Waals surface area contributed by atoms with Gasteiger partial charge in [-0.1, -0.05) is 29.6 Å². The van der Waals surface area contributed by atoms with Gasteiger partial charge in [0.05, 0.1) is 34.0 Å². The number of halogens is 2. The lowest BCUT2D eigenvalue weighted by Gasteiger charge is -2.33. The van der Waals surface area contributed by atoms with Crippen LogP contribution in [-0.4, -0.2) is 29.9 Å². The molecule has 27 heavy (non-hydrogen) atoms. The number of benzene rings is 1. The third kappa shape index (κ3) is 4.67. The van der Waals surface area contributed by atoms with Gasteiger partial charge in [0.25, 0.3) is 0 Å². The Bertz CT molecular complexity index is 838. The second-order valence-electron chi connectivity index (χ2n) is 6.29. The maximum Gasteiger partial charge on any atom is 0.329 e. The normalized spacial score (nSPS) is 21.9. The van der Waals surface area contributed by atoms with E-state index in [2.05, 4.69) is 15.8 Å². The Kier molecular flexibility index (Phi) is 6.13. The Morgan fingerprint density at radius 2 is 1.93 bits per heavy atom. The van der Waals surface area contributed by atoms with Crippen molar-refractivity contribution in [1.29, 1.82) is 0 Å². The molecule has 0 bridgehead atoms. The third-order valence-electron chi connectivity index (χ3n) is 4.45. The molecule has 0 aromatic heterocycles. The van der Waals surface area contributed by atoms with Crippen molar-refractivity contribution in [3.8, 4) is 0 Å². The summed E-state index contributed by atoms with van der Waals surface area (Å²) in [5, 5.41) is 6.62. The number of Topliss-reactive ketones (excluding diaryl/α,β-unsaturated/α-hetero) is 1. The number of allylic oxidation sites excluding steroid dienone is 1. The van der Waals surface area contributed by atoms with Crippen LogP contribution in [-0.2, 0) is 19.1 Å². The van der Waals surface area contributed by atoms with Crippen LogP contribution >= 0.6 is 23.2 Å². The zero-order valence-corrected chi connectivity index (χ0v) is 15.7. The maximum absolute atomic E-state index is 12.4. The highest BCUT2D eigenvalue weighted by molar-refractivity contribution is 6.43. The molecule has 1 saturated carbocycles. The summed E-state index contributed by atoms with van der Waals surface area (Å²) < 4.78 is 5.58. The highest BCUT2D eigenvalue weighted by atomic mass is 35.5. The largest absolute Gasteiger partial charge is 0.496 e. The first kappa shape index (κ1) is 19.4. The van der Waals surface area contributed by atoms with Crippen molar-refractivity contribution < 1.29 is 19.1 Å². The quantitative estimate of drug-likeness (QED) is 0.455. The lowest BCUT2D eigenvalue weighted by molar-refractivity contribution is -0.136. The van der Waals surface area contributed by atoms with Crippen LogP contribution in [0.1, 0.15) is 25.7 Å². The van der Waals surface area contributed by atoms with E-state index >= 15 is 0 Å². The van der Waals surface area contributed by atoms with E-state index in [1.165, 1.54) is 30.7 Å². The van der Waals surface area contributed by atoms with Gasteiger partial charge >= 0.3 is 11.8 Å².